The molecule has 1 atom stereocenters. The molecule has 0 fully saturated rings. The number of thiophene rings is 1. The molecule has 1 unspecified atom stereocenters. The molecule has 0 saturated heterocycles. The smallest absolute Gasteiger partial charge is 0.0648 e. The number of hydrogen-bond acceptors (Lipinski definition) is 2. The van der Waals surface area contributed by atoms with Gasteiger partial charge in [0.15, 0.2) is 0 Å². The standard InChI is InChI=1S/C14H16ClNS/c1-3-11-5-7-13(17-11)14(16)12-6-4-10(15)8-9(12)2/h4-8,14H,3,16H2,1-2H3. The van der Waals surface area contributed by atoms with Crippen LogP contribution in [-0.2, 0) is 6.42 Å². The quantitative estimate of drug-likeness (QED) is 0.879. The Morgan fingerprint density at radius 3 is 2.65 bits per heavy atom. The molecule has 2 aromatic rings. The lowest BCUT2D eigenvalue weighted by atomic mass is 10.0. The Morgan fingerprint density at radius 2 is 2.06 bits per heavy atom. The summed E-state index contributed by atoms with van der Waals surface area (Å²) < 4.78 is 0. The van der Waals surface area contributed by atoms with Crippen LogP contribution in [0.15, 0.2) is 30.3 Å². The van der Waals surface area contributed by atoms with Crippen LogP contribution in [0.4, 0.5) is 0 Å². The lowest BCUT2D eigenvalue weighted by Crippen LogP contribution is -2.11. The second kappa shape index (κ2) is 5.21. The maximum absolute atomic E-state index is 6.30. The van der Waals surface area contributed by atoms with Crippen LogP contribution < -0.4 is 5.73 Å². The second-order valence-electron chi connectivity index (χ2n) is 4.14. The highest BCUT2D eigenvalue weighted by Crippen LogP contribution is 2.29. The third-order valence-electron chi connectivity index (χ3n) is 2.90. The predicted octanol–water partition coefficient (Wildman–Crippen LogP) is 4.32. The molecule has 0 aliphatic rings. The molecule has 0 spiro atoms. The van der Waals surface area contributed by atoms with Crippen LogP contribution in [0.1, 0.15) is 33.8 Å². The lowest BCUT2D eigenvalue weighted by Gasteiger charge is -2.13. The monoisotopic (exact) mass is 265 g/mol. The van der Waals surface area contributed by atoms with Gasteiger partial charge in [-0.25, -0.2) is 0 Å². The minimum absolute atomic E-state index is 0.0439. The summed E-state index contributed by atoms with van der Waals surface area (Å²) in [5, 5.41) is 0.763. The van der Waals surface area contributed by atoms with Gasteiger partial charge in [-0.2, -0.15) is 0 Å². The van der Waals surface area contributed by atoms with Gasteiger partial charge in [0.1, 0.15) is 0 Å². The van der Waals surface area contributed by atoms with Gasteiger partial charge < -0.3 is 5.73 Å². The molecule has 1 aromatic carbocycles. The van der Waals surface area contributed by atoms with Gasteiger partial charge in [0, 0.05) is 14.8 Å². The molecule has 0 amide bonds. The molecular formula is C14H16ClNS. The summed E-state index contributed by atoms with van der Waals surface area (Å²) in [5.41, 5.74) is 8.60. The van der Waals surface area contributed by atoms with Crippen LogP contribution in [0, 0.1) is 6.92 Å². The fourth-order valence-corrected chi connectivity index (χ4v) is 3.09. The highest BCUT2D eigenvalue weighted by Gasteiger charge is 2.13. The van der Waals surface area contributed by atoms with E-state index in [-0.39, 0.29) is 6.04 Å². The average molecular weight is 266 g/mol. The van der Waals surface area contributed by atoms with Crippen LogP contribution in [0.3, 0.4) is 0 Å². The number of nitrogens with two attached hydrogens (primary N) is 1. The molecule has 0 bridgehead atoms. The molecule has 0 aliphatic heterocycles. The van der Waals surface area contributed by atoms with Gasteiger partial charge in [0.2, 0.25) is 0 Å². The molecule has 1 nitrogen and oxygen atoms in total. The van der Waals surface area contributed by atoms with Gasteiger partial charge in [-0.05, 0) is 48.7 Å². The zero-order valence-corrected chi connectivity index (χ0v) is 11.6. The maximum Gasteiger partial charge on any atom is 0.0648 e. The minimum Gasteiger partial charge on any atom is -0.320 e. The molecule has 90 valence electrons. The summed E-state index contributed by atoms with van der Waals surface area (Å²) in [6, 6.07) is 10.1. The van der Waals surface area contributed by atoms with Crippen molar-refractivity contribution < 1.29 is 0 Å². The summed E-state index contributed by atoms with van der Waals surface area (Å²) in [6.45, 7) is 4.21. The van der Waals surface area contributed by atoms with Crippen molar-refractivity contribution in [3.05, 3.63) is 56.2 Å². The number of halogens is 1. The minimum atomic E-state index is -0.0439. The summed E-state index contributed by atoms with van der Waals surface area (Å²) in [6.07, 6.45) is 1.07. The van der Waals surface area contributed by atoms with E-state index in [0.29, 0.717) is 0 Å². The van der Waals surface area contributed by atoms with Gasteiger partial charge in [-0.3, -0.25) is 0 Å². The van der Waals surface area contributed by atoms with E-state index < -0.39 is 0 Å². The first-order valence-corrected chi connectivity index (χ1v) is 6.91. The van der Waals surface area contributed by atoms with Crippen molar-refractivity contribution in [1.82, 2.24) is 0 Å². The Labute approximate surface area is 111 Å². The first kappa shape index (κ1) is 12.6. The topological polar surface area (TPSA) is 26.0 Å². The summed E-state index contributed by atoms with van der Waals surface area (Å²) >= 11 is 7.75. The van der Waals surface area contributed by atoms with Crippen molar-refractivity contribution >= 4 is 22.9 Å². The molecule has 3 heteroatoms. The van der Waals surface area contributed by atoms with Crippen LogP contribution in [0.2, 0.25) is 5.02 Å². The number of rotatable bonds is 3. The third kappa shape index (κ3) is 2.71. The van der Waals surface area contributed by atoms with E-state index in [9.17, 15) is 0 Å². The van der Waals surface area contributed by atoms with E-state index in [4.69, 9.17) is 17.3 Å². The molecule has 17 heavy (non-hydrogen) atoms. The Hall–Kier alpha value is -0.830. The molecule has 0 radical (unpaired) electrons. The largest absolute Gasteiger partial charge is 0.320 e. The van der Waals surface area contributed by atoms with Crippen molar-refractivity contribution in [2.75, 3.05) is 0 Å². The summed E-state index contributed by atoms with van der Waals surface area (Å²) in [5.74, 6) is 0. The second-order valence-corrected chi connectivity index (χ2v) is 5.77. The van der Waals surface area contributed by atoms with Gasteiger partial charge in [0.05, 0.1) is 6.04 Å². The third-order valence-corrected chi connectivity index (χ3v) is 4.45. The summed E-state index contributed by atoms with van der Waals surface area (Å²) in [7, 11) is 0. The summed E-state index contributed by atoms with van der Waals surface area (Å²) in [4.78, 5) is 2.59. The van der Waals surface area contributed by atoms with E-state index in [2.05, 4.69) is 26.0 Å². The zero-order valence-electron chi connectivity index (χ0n) is 10.0. The Kier molecular flexibility index (Phi) is 3.87. The zero-order chi connectivity index (χ0) is 12.4. The molecule has 0 aliphatic carbocycles. The van der Waals surface area contributed by atoms with E-state index in [1.807, 2.05) is 18.2 Å². The van der Waals surface area contributed by atoms with E-state index >= 15 is 0 Å². The van der Waals surface area contributed by atoms with Crippen molar-refractivity contribution in [3.63, 3.8) is 0 Å². The Balaban J connectivity index is 2.33. The van der Waals surface area contributed by atoms with Crippen molar-refractivity contribution in [2.45, 2.75) is 26.3 Å². The van der Waals surface area contributed by atoms with Gasteiger partial charge in [-0.1, -0.05) is 24.6 Å². The van der Waals surface area contributed by atoms with Crippen molar-refractivity contribution in [1.29, 1.82) is 0 Å². The number of aryl methyl sites for hydroxylation is 2. The fourth-order valence-electron chi connectivity index (χ4n) is 1.89. The van der Waals surface area contributed by atoms with Crippen LogP contribution in [-0.4, -0.2) is 0 Å². The number of benzene rings is 1. The normalized spacial score (nSPS) is 12.7. The Morgan fingerprint density at radius 1 is 1.29 bits per heavy atom. The van der Waals surface area contributed by atoms with E-state index in [1.165, 1.54) is 9.75 Å². The molecule has 2 rings (SSSR count). The highest BCUT2D eigenvalue weighted by molar-refractivity contribution is 7.12. The highest BCUT2D eigenvalue weighted by atomic mass is 35.5. The van der Waals surface area contributed by atoms with Crippen LogP contribution in [0.25, 0.3) is 0 Å². The van der Waals surface area contributed by atoms with Crippen LogP contribution in [0.5, 0.6) is 0 Å². The SMILES string of the molecule is CCc1ccc(C(N)c2ccc(Cl)cc2C)s1. The van der Waals surface area contributed by atoms with Crippen LogP contribution >= 0.6 is 22.9 Å². The molecular weight excluding hydrogens is 250 g/mol. The average Bonchev–Trinajstić information content (AvgIpc) is 2.76. The predicted molar refractivity (Wildman–Crippen MR) is 75.9 cm³/mol. The van der Waals surface area contributed by atoms with Crippen molar-refractivity contribution in [3.8, 4) is 0 Å². The first-order valence-electron chi connectivity index (χ1n) is 5.72. The first-order chi connectivity index (χ1) is 8.11. The van der Waals surface area contributed by atoms with E-state index in [1.54, 1.807) is 11.3 Å². The molecule has 0 saturated carbocycles. The fraction of sp³-hybridized carbons (Fsp3) is 0.286. The van der Waals surface area contributed by atoms with Gasteiger partial charge in [0.25, 0.3) is 0 Å². The van der Waals surface area contributed by atoms with Gasteiger partial charge >= 0.3 is 0 Å². The number of hydrogen-bond donors (Lipinski definition) is 1. The Bertz CT molecular complexity index is 519. The molecule has 1 aromatic heterocycles. The lowest BCUT2D eigenvalue weighted by molar-refractivity contribution is 0.882. The van der Waals surface area contributed by atoms with E-state index in [0.717, 1.165) is 22.6 Å². The van der Waals surface area contributed by atoms with Gasteiger partial charge in [-0.15, -0.1) is 11.3 Å². The van der Waals surface area contributed by atoms with Crippen molar-refractivity contribution in [2.24, 2.45) is 5.73 Å². The maximum atomic E-state index is 6.30. The molecule has 2 N–H and O–H groups in total. The molecule has 1 heterocycles.